The molecular formula is C31H39ClN4O2. The first-order valence-corrected chi connectivity index (χ1v) is 13.8. The zero-order valence-electron chi connectivity index (χ0n) is 23.0. The Morgan fingerprint density at radius 3 is 2.55 bits per heavy atom. The fourth-order valence-corrected chi connectivity index (χ4v) is 5.22. The zero-order chi connectivity index (χ0) is 27.1. The number of aryl methyl sites for hydroxylation is 1. The van der Waals surface area contributed by atoms with Crippen molar-refractivity contribution in [3.05, 3.63) is 88.5 Å². The van der Waals surface area contributed by atoms with Crippen LogP contribution in [0.4, 0.5) is 0 Å². The summed E-state index contributed by atoms with van der Waals surface area (Å²) < 4.78 is 6.34. The number of hydrogen-bond donors (Lipinski definition) is 0. The average Bonchev–Trinajstić information content (AvgIpc) is 2.90. The third-order valence-corrected chi connectivity index (χ3v) is 7.70. The van der Waals surface area contributed by atoms with E-state index in [1.54, 1.807) is 0 Å². The van der Waals surface area contributed by atoms with Crippen LogP contribution < -0.4 is 4.74 Å². The van der Waals surface area contributed by atoms with Crippen molar-refractivity contribution in [3.63, 3.8) is 0 Å². The Bertz CT molecular complexity index is 1200. The third kappa shape index (κ3) is 7.55. The molecule has 1 aliphatic rings. The first-order chi connectivity index (χ1) is 18.2. The average molecular weight is 535 g/mol. The molecule has 6 nitrogen and oxygen atoms in total. The molecule has 0 aliphatic carbocycles. The predicted octanol–water partition coefficient (Wildman–Crippen LogP) is 6.27. The first-order valence-electron chi connectivity index (χ1n) is 13.4. The van der Waals surface area contributed by atoms with E-state index in [-0.39, 0.29) is 11.3 Å². The SMILES string of the molecule is Cc1cc(OC[C@]2(CC(=O)N(C)Cc3ccccc3)CCCN(Cc3cnc(C(C)C)nc3)C2)ccc1Cl. The van der Waals surface area contributed by atoms with Crippen LogP contribution in [0, 0.1) is 12.3 Å². The summed E-state index contributed by atoms with van der Waals surface area (Å²) in [7, 11) is 1.89. The lowest BCUT2D eigenvalue weighted by Gasteiger charge is -2.43. The zero-order valence-corrected chi connectivity index (χ0v) is 23.7. The second-order valence-corrected chi connectivity index (χ2v) is 11.4. The van der Waals surface area contributed by atoms with Gasteiger partial charge in [-0.1, -0.05) is 55.8 Å². The Labute approximate surface area is 232 Å². The first kappa shape index (κ1) is 28.1. The molecule has 4 rings (SSSR count). The maximum Gasteiger partial charge on any atom is 0.223 e. The number of rotatable bonds is 10. The molecule has 38 heavy (non-hydrogen) atoms. The molecule has 2 aromatic carbocycles. The van der Waals surface area contributed by atoms with Gasteiger partial charge in [-0.25, -0.2) is 9.97 Å². The number of halogens is 1. The van der Waals surface area contributed by atoms with Gasteiger partial charge in [-0.05, 0) is 55.6 Å². The maximum atomic E-state index is 13.5. The summed E-state index contributed by atoms with van der Waals surface area (Å²) in [6.07, 6.45) is 6.24. The Balaban J connectivity index is 1.49. The molecule has 2 heterocycles. The van der Waals surface area contributed by atoms with Crippen LogP contribution in [0.5, 0.6) is 5.75 Å². The van der Waals surface area contributed by atoms with Crippen molar-refractivity contribution in [2.45, 2.75) is 59.0 Å². The van der Waals surface area contributed by atoms with Crippen LogP contribution in [0.15, 0.2) is 60.9 Å². The summed E-state index contributed by atoms with van der Waals surface area (Å²) in [5.74, 6) is 2.09. The second-order valence-electron chi connectivity index (χ2n) is 11.0. The summed E-state index contributed by atoms with van der Waals surface area (Å²) in [4.78, 5) is 26.9. The van der Waals surface area contributed by atoms with Gasteiger partial charge in [0.2, 0.25) is 5.91 Å². The smallest absolute Gasteiger partial charge is 0.223 e. The van der Waals surface area contributed by atoms with Crippen molar-refractivity contribution in [1.29, 1.82) is 0 Å². The molecule has 1 aromatic heterocycles. The Morgan fingerprint density at radius 1 is 1.13 bits per heavy atom. The van der Waals surface area contributed by atoms with Crippen LogP contribution in [-0.4, -0.2) is 52.4 Å². The third-order valence-electron chi connectivity index (χ3n) is 7.28. The number of aromatic nitrogens is 2. The van der Waals surface area contributed by atoms with Gasteiger partial charge in [0.15, 0.2) is 0 Å². The molecule has 0 unspecified atom stereocenters. The summed E-state index contributed by atoms with van der Waals surface area (Å²) in [5.41, 5.74) is 2.89. The number of ether oxygens (including phenoxy) is 1. The highest BCUT2D eigenvalue weighted by Gasteiger charge is 2.39. The number of amides is 1. The highest BCUT2D eigenvalue weighted by molar-refractivity contribution is 6.31. The molecule has 202 valence electrons. The molecule has 1 amide bonds. The maximum absolute atomic E-state index is 13.5. The van der Waals surface area contributed by atoms with Crippen LogP contribution in [0.1, 0.15) is 61.5 Å². The molecule has 0 spiro atoms. The summed E-state index contributed by atoms with van der Waals surface area (Å²) >= 11 is 6.23. The van der Waals surface area contributed by atoms with E-state index in [9.17, 15) is 4.79 Å². The number of carbonyl (C=O) groups excluding carboxylic acids is 1. The summed E-state index contributed by atoms with van der Waals surface area (Å²) in [6.45, 7) is 9.74. The highest BCUT2D eigenvalue weighted by atomic mass is 35.5. The summed E-state index contributed by atoms with van der Waals surface area (Å²) in [6, 6.07) is 15.9. The molecule has 1 fully saturated rings. The number of carbonyl (C=O) groups is 1. The van der Waals surface area contributed by atoms with E-state index in [4.69, 9.17) is 16.3 Å². The molecule has 3 aromatic rings. The standard InChI is InChI=1S/C31H39ClN4O2/c1-23(2)30-33-17-26(18-34-30)20-36-14-8-13-31(21-36,22-38-27-11-12-28(32)24(3)15-27)16-29(37)35(4)19-25-9-6-5-7-10-25/h5-7,9-12,15,17-18,23H,8,13-14,16,19-22H2,1-4H3/t31-/m0/s1. The molecule has 7 heteroatoms. The van der Waals surface area contributed by atoms with E-state index in [1.165, 1.54) is 0 Å². The van der Waals surface area contributed by atoms with Crippen molar-refractivity contribution >= 4 is 17.5 Å². The molecule has 1 atom stereocenters. The molecule has 1 aliphatic heterocycles. The number of nitrogens with zero attached hydrogens (tertiary/aromatic N) is 4. The molecule has 1 saturated heterocycles. The predicted molar refractivity (Wildman–Crippen MR) is 152 cm³/mol. The van der Waals surface area contributed by atoms with E-state index < -0.39 is 0 Å². The Morgan fingerprint density at radius 2 is 1.87 bits per heavy atom. The van der Waals surface area contributed by atoms with Crippen molar-refractivity contribution in [2.75, 3.05) is 26.7 Å². The fourth-order valence-electron chi connectivity index (χ4n) is 5.11. The Hall–Kier alpha value is -2.96. The molecule has 0 bridgehead atoms. The van der Waals surface area contributed by atoms with Gasteiger partial charge >= 0.3 is 0 Å². The second kappa shape index (κ2) is 12.7. The van der Waals surface area contributed by atoms with Gasteiger partial charge in [0.25, 0.3) is 0 Å². The van der Waals surface area contributed by atoms with Gasteiger partial charge in [-0.15, -0.1) is 0 Å². The molecule has 0 N–H and O–H groups in total. The van der Waals surface area contributed by atoms with Crippen molar-refractivity contribution in [3.8, 4) is 5.75 Å². The van der Waals surface area contributed by atoms with Crippen LogP contribution >= 0.6 is 11.6 Å². The van der Waals surface area contributed by atoms with Crippen molar-refractivity contribution < 1.29 is 9.53 Å². The van der Waals surface area contributed by atoms with Gasteiger partial charge in [0.1, 0.15) is 11.6 Å². The van der Waals surface area contributed by atoms with Crippen LogP contribution in [0.25, 0.3) is 0 Å². The highest BCUT2D eigenvalue weighted by Crippen LogP contribution is 2.36. The number of likely N-dealkylation sites (tertiary alicyclic amines) is 1. The monoisotopic (exact) mass is 534 g/mol. The van der Waals surface area contributed by atoms with Crippen LogP contribution in [0.2, 0.25) is 5.02 Å². The molecular weight excluding hydrogens is 496 g/mol. The van der Waals surface area contributed by atoms with Gasteiger partial charge in [-0.2, -0.15) is 0 Å². The Kier molecular flexibility index (Phi) is 9.40. The van der Waals surface area contributed by atoms with Gasteiger partial charge < -0.3 is 9.64 Å². The lowest BCUT2D eigenvalue weighted by atomic mass is 9.77. The van der Waals surface area contributed by atoms with Gasteiger partial charge in [-0.3, -0.25) is 9.69 Å². The van der Waals surface area contributed by atoms with Gasteiger partial charge in [0, 0.05) is 67.4 Å². The van der Waals surface area contributed by atoms with Crippen molar-refractivity contribution in [2.24, 2.45) is 5.41 Å². The van der Waals surface area contributed by atoms with Gasteiger partial charge in [0.05, 0.1) is 6.61 Å². The lowest BCUT2D eigenvalue weighted by Crippen LogP contribution is -2.48. The minimum atomic E-state index is -0.299. The van der Waals surface area contributed by atoms with E-state index in [1.807, 2.05) is 67.7 Å². The molecule has 0 radical (unpaired) electrons. The van der Waals surface area contributed by atoms with E-state index in [0.717, 1.165) is 65.8 Å². The van der Waals surface area contributed by atoms with E-state index >= 15 is 0 Å². The fraction of sp³-hybridized carbons (Fsp3) is 0.452. The minimum Gasteiger partial charge on any atom is -0.493 e. The van der Waals surface area contributed by atoms with Crippen LogP contribution in [-0.2, 0) is 17.9 Å². The number of benzene rings is 2. The summed E-state index contributed by atoms with van der Waals surface area (Å²) in [5, 5.41) is 0.722. The van der Waals surface area contributed by atoms with E-state index in [0.29, 0.717) is 25.5 Å². The topological polar surface area (TPSA) is 58.6 Å². The molecule has 0 saturated carbocycles. The largest absolute Gasteiger partial charge is 0.493 e. The van der Waals surface area contributed by atoms with E-state index in [2.05, 4.69) is 40.8 Å². The van der Waals surface area contributed by atoms with Crippen molar-refractivity contribution in [1.82, 2.24) is 19.8 Å². The van der Waals surface area contributed by atoms with Crippen LogP contribution in [0.3, 0.4) is 0 Å². The minimum absolute atomic E-state index is 0.135. The quantitative estimate of drug-likeness (QED) is 0.307. The number of hydrogen-bond acceptors (Lipinski definition) is 5. The normalized spacial score (nSPS) is 17.9. The lowest BCUT2D eigenvalue weighted by molar-refractivity contribution is -0.135. The number of piperidine rings is 1.